The van der Waals surface area contributed by atoms with E-state index < -0.39 is 12.0 Å². The Morgan fingerprint density at radius 2 is 1.95 bits per heavy atom. The minimum absolute atomic E-state index is 0.0586. The van der Waals surface area contributed by atoms with Gasteiger partial charge in [0.25, 0.3) is 0 Å². The molecule has 0 aliphatic rings. The van der Waals surface area contributed by atoms with Crippen molar-refractivity contribution in [1.29, 1.82) is 0 Å². The average molecular weight is 293 g/mol. The highest BCUT2D eigenvalue weighted by Gasteiger charge is 2.22. The molecule has 0 spiro atoms. The van der Waals surface area contributed by atoms with Gasteiger partial charge in [0.1, 0.15) is 12.6 Å². The lowest BCUT2D eigenvalue weighted by Gasteiger charge is -2.17. The number of hydrogen-bond acceptors (Lipinski definition) is 4. The molecule has 0 heterocycles. The fourth-order valence-electron chi connectivity index (χ4n) is 1.93. The monoisotopic (exact) mass is 293 g/mol. The summed E-state index contributed by atoms with van der Waals surface area (Å²) in [5.74, 6) is -0.783. The largest absolute Gasteiger partial charge is 0.467 e. The van der Waals surface area contributed by atoms with Crippen molar-refractivity contribution in [1.82, 2.24) is 5.32 Å². The van der Waals surface area contributed by atoms with Gasteiger partial charge in [-0.15, -0.1) is 0 Å². The Balaban J connectivity index is 2.75. The Hall–Kier alpha value is -1.88. The summed E-state index contributed by atoms with van der Waals surface area (Å²) in [6, 6.07) is 5.26. The quantitative estimate of drug-likeness (QED) is 0.775. The summed E-state index contributed by atoms with van der Waals surface area (Å²) in [5.41, 5.74) is 3.32. The van der Waals surface area contributed by atoms with E-state index in [4.69, 9.17) is 9.47 Å². The molecule has 116 valence electrons. The number of nitrogens with one attached hydrogen (secondary N) is 1. The molecule has 0 bridgehead atoms. The molecule has 0 saturated heterocycles. The highest BCUT2D eigenvalue weighted by Crippen LogP contribution is 2.12. The van der Waals surface area contributed by atoms with Crippen LogP contribution in [-0.4, -0.2) is 38.2 Å². The molecular formula is C16H23NO4. The third-order valence-electron chi connectivity index (χ3n) is 3.27. The van der Waals surface area contributed by atoms with Crippen molar-refractivity contribution < 1.29 is 19.1 Å². The van der Waals surface area contributed by atoms with Crippen molar-refractivity contribution in [2.24, 2.45) is 0 Å². The average Bonchev–Trinajstić information content (AvgIpc) is 2.47. The zero-order chi connectivity index (χ0) is 15.8. The van der Waals surface area contributed by atoms with E-state index in [1.165, 1.54) is 12.7 Å². The van der Waals surface area contributed by atoms with Crippen LogP contribution in [0.1, 0.15) is 23.6 Å². The van der Waals surface area contributed by atoms with Crippen LogP contribution in [0.5, 0.6) is 0 Å². The van der Waals surface area contributed by atoms with E-state index in [0.717, 1.165) is 11.1 Å². The minimum atomic E-state index is -0.704. The Kier molecular flexibility index (Phi) is 6.88. The number of benzene rings is 1. The fraction of sp³-hybridized carbons (Fsp3) is 0.500. The molecule has 1 N–H and O–H groups in total. The summed E-state index contributed by atoms with van der Waals surface area (Å²) >= 11 is 0. The number of hydrogen-bond donors (Lipinski definition) is 1. The van der Waals surface area contributed by atoms with Crippen LogP contribution in [0.15, 0.2) is 18.2 Å². The zero-order valence-electron chi connectivity index (χ0n) is 13.1. The molecule has 0 aliphatic carbocycles. The Labute approximate surface area is 125 Å². The highest BCUT2D eigenvalue weighted by atomic mass is 16.5. The molecule has 1 amide bonds. The van der Waals surface area contributed by atoms with Crippen LogP contribution in [0.2, 0.25) is 0 Å². The van der Waals surface area contributed by atoms with Gasteiger partial charge in [-0.3, -0.25) is 4.79 Å². The van der Waals surface area contributed by atoms with Gasteiger partial charge in [-0.2, -0.15) is 0 Å². The molecule has 5 nitrogen and oxygen atoms in total. The lowest BCUT2D eigenvalue weighted by Crippen LogP contribution is -2.44. The van der Waals surface area contributed by atoms with E-state index >= 15 is 0 Å². The van der Waals surface area contributed by atoms with E-state index in [-0.39, 0.29) is 12.5 Å². The van der Waals surface area contributed by atoms with Crippen molar-refractivity contribution in [3.63, 3.8) is 0 Å². The number of carbonyl (C=O) groups is 2. The van der Waals surface area contributed by atoms with Gasteiger partial charge in [0, 0.05) is 13.0 Å². The fourth-order valence-corrected chi connectivity index (χ4v) is 1.93. The Bertz CT molecular complexity index is 499. The maximum Gasteiger partial charge on any atom is 0.328 e. The van der Waals surface area contributed by atoms with Crippen molar-refractivity contribution in [2.45, 2.75) is 33.2 Å². The highest BCUT2D eigenvalue weighted by molar-refractivity contribution is 5.85. The first-order valence-corrected chi connectivity index (χ1v) is 6.99. The van der Waals surface area contributed by atoms with E-state index in [2.05, 4.69) is 5.32 Å². The van der Waals surface area contributed by atoms with Crippen LogP contribution in [-0.2, 0) is 25.5 Å². The summed E-state index contributed by atoms with van der Waals surface area (Å²) in [4.78, 5) is 23.5. The summed E-state index contributed by atoms with van der Waals surface area (Å²) in [7, 11) is 1.31. The predicted octanol–water partition coefficient (Wildman–Crippen LogP) is 1.54. The minimum Gasteiger partial charge on any atom is -0.467 e. The topological polar surface area (TPSA) is 64.6 Å². The standard InChI is InChI=1S/C16H23NO4/c1-5-21-10-15(18)17-14(16(19)20-4)9-13-7-6-11(2)12(3)8-13/h6-8,14H,5,9-10H2,1-4H3,(H,17,18)/t14-/m1/s1. The number of carbonyl (C=O) groups excluding carboxylic acids is 2. The third kappa shape index (κ3) is 5.55. The molecule has 5 heteroatoms. The molecule has 0 fully saturated rings. The van der Waals surface area contributed by atoms with Crippen LogP contribution < -0.4 is 5.32 Å². The molecule has 0 saturated carbocycles. The Morgan fingerprint density at radius 3 is 2.52 bits per heavy atom. The number of aryl methyl sites for hydroxylation is 2. The molecule has 1 aromatic rings. The second-order valence-electron chi connectivity index (χ2n) is 4.90. The normalized spacial score (nSPS) is 11.8. The molecule has 0 radical (unpaired) electrons. The number of esters is 1. The molecule has 0 aliphatic heterocycles. The molecule has 1 atom stereocenters. The SMILES string of the molecule is CCOCC(=O)N[C@H](Cc1ccc(C)c(C)c1)C(=O)OC. The maximum absolute atomic E-state index is 11.8. The molecule has 0 aromatic heterocycles. The summed E-state index contributed by atoms with van der Waals surface area (Å²) < 4.78 is 9.78. The third-order valence-corrected chi connectivity index (χ3v) is 3.27. The van der Waals surface area contributed by atoms with Gasteiger partial charge in [-0.25, -0.2) is 4.79 Å². The van der Waals surface area contributed by atoms with Gasteiger partial charge in [-0.05, 0) is 37.5 Å². The van der Waals surface area contributed by atoms with Crippen molar-refractivity contribution >= 4 is 11.9 Å². The van der Waals surface area contributed by atoms with Gasteiger partial charge in [0.15, 0.2) is 0 Å². The van der Waals surface area contributed by atoms with Gasteiger partial charge >= 0.3 is 5.97 Å². The smallest absolute Gasteiger partial charge is 0.328 e. The second kappa shape index (κ2) is 8.42. The first-order chi connectivity index (χ1) is 9.97. The van der Waals surface area contributed by atoms with Gasteiger partial charge in [-0.1, -0.05) is 18.2 Å². The van der Waals surface area contributed by atoms with Gasteiger partial charge < -0.3 is 14.8 Å². The van der Waals surface area contributed by atoms with Crippen LogP contribution >= 0.6 is 0 Å². The van der Waals surface area contributed by atoms with Crippen molar-refractivity contribution in [3.8, 4) is 0 Å². The van der Waals surface area contributed by atoms with Crippen LogP contribution in [0, 0.1) is 13.8 Å². The number of amides is 1. The predicted molar refractivity (Wildman–Crippen MR) is 80.1 cm³/mol. The molecule has 1 rings (SSSR count). The summed E-state index contributed by atoms with van der Waals surface area (Å²) in [6.07, 6.45) is 0.395. The Morgan fingerprint density at radius 1 is 1.24 bits per heavy atom. The number of rotatable bonds is 7. The zero-order valence-corrected chi connectivity index (χ0v) is 13.1. The van der Waals surface area contributed by atoms with Crippen molar-refractivity contribution in [2.75, 3.05) is 20.3 Å². The van der Waals surface area contributed by atoms with Gasteiger partial charge in [0.05, 0.1) is 7.11 Å². The first-order valence-electron chi connectivity index (χ1n) is 6.99. The van der Waals surface area contributed by atoms with Crippen LogP contribution in [0.4, 0.5) is 0 Å². The lowest BCUT2D eigenvalue weighted by molar-refractivity contribution is -0.145. The molecule has 21 heavy (non-hydrogen) atoms. The maximum atomic E-state index is 11.8. The van der Waals surface area contributed by atoms with Crippen molar-refractivity contribution in [3.05, 3.63) is 34.9 Å². The van der Waals surface area contributed by atoms with E-state index in [0.29, 0.717) is 13.0 Å². The lowest BCUT2D eigenvalue weighted by atomic mass is 10.0. The number of methoxy groups -OCH3 is 1. The molecule has 1 aromatic carbocycles. The molecule has 0 unspecified atom stereocenters. The van der Waals surface area contributed by atoms with E-state index in [1.54, 1.807) is 6.92 Å². The summed E-state index contributed by atoms with van der Waals surface area (Å²) in [5, 5.41) is 2.65. The second-order valence-corrected chi connectivity index (χ2v) is 4.90. The van der Waals surface area contributed by atoms with E-state index in [9.17, 15) is 9.59 Å². The van der Waals surface area contributed by atoms with Crippen LogP contribution in [0.25, 0.3) is 0 Å². The first kappa shape index (κ1) is 17.2. The molecular weight excluding hydrogens is 270 g/mol. The van der Waals surface area contributed by atoms with Crippen LogP contribution in [0.3, 0.4) is 0 Å². The van der Waals surface area contributed by atoms with Gasteiger partial charge in [0.2, 0.25) is 5.91 Å². The summed E-state index contributed by atoms with van der Waals surface area (Å²) in [6.45, 7) is 6.24. The number of ether oxygens (including phenoxy) is 2. The van der Waals surface area contributed by atoms with E-state index in [1.807, 2.05) is 32.0 Å².